The number of hydrogen-bond donors (Lipinski definition) is 1. The molecule has 6 nitrogen and oxygen atoms in total. The van der Waals surface area contributed by atoms with Crippen LogP contribution in [0.5, 0.6) is 0 Å². The van der Waals surface area contributed by atoms with E-state index in [-0.39, 0.29) is 11.9 Å². The lowest BCUT2D eigenvalue weighted by atomic mass is 9.95. The fraction of sp³-hybridized carbons (Fsp3) is 0.471. The molecule has 126 valence electrons. The highest BCUT2D eigenvalue weighted by Gasteiger charge is 2.25. The summed E-state index contributed by atoms with van der Waals surface area (Å²) in [6.07, 6.45) is 3.28. The summed E-state index contributed by atoms with van der Waals surface area (Å²) in [4.78, 5) is 17.3. The Bertz CT molecular complexity index is 765. The molecule has 0 saturated carbocycles. The van der Waals surface area contributed by atoms with Gasteiger partial charge >= 0.3 is 0 Å². The second-order valence-corrected chi connectivity index (χ2v) is 6.57. The van der Waals surface area contributed by atoms with Crippen LogP contribution in [0.3, 0.4) is 0 Å². The minimum absolute atomic E-state index is 0.153. The summed E-state index contributed by atoms with van der Waals surface area (Å²) in [6.45, 7) is 4.93. The van der Waals surface area contributed by atoms with E-state index in [2.05, 4.69) is 19.9 Å². The van der Waals surface area contributed by atoms with Gasteiger partial charge in [-0.25, -0.2) is 14.4 Å². The van der Waals surface area contributed by atoms with Crippen molar-refractivity contribution in [2.45, 2.75) is 32.4 Å². The highest BCUT2D eigenvalue weighted by molar-refractivity contribution is 5.45. The molecule has 0 spiro atoms. The molecule has 0 bridgehead atoms. The predicted octanol–water partition coefficient (Wildman–Crippen LogP) is 1.42. The monoisotopic (exact) mass is 328 g/mol. The molecule has 0 radical (unpaired) electrons. The number of nitrogens with zero attached hydrogens (tertiary/aromatic N) is 5. The summed E-state index contributed by atoms with van der Waals surface area (Å²) >= 11 is 0. The number of halogens is 1. The number of rotatable bonds is 2. The van der Waals surface area contributed by atoms with Crippen molar-refractivity contribution in [3.8, 4) is 0 Å². The summed E-state index contributed by atoms with van der Waals surface area (Å²) in [6, 6.07) is 3.56. The Morgan fingerprint density at radius 3 is 2.67 bits per heavy atom. The van der Waals surface area contributed by atoms with Gasteiger partial charge in [0, 0.05) is 37.8 Å². The molecule has 1 fully saturated rings. The van der Waals surface area contributed by atoms with Crippen LogP contribution in [0.15, 0.2) is 18.5 Å². The van der Waals surface area contributed by atoms with Crippen molar-refractivity contribution in [1.82, 2.24) is 15.0 Å². The van der Waals surface area contributed by atoms with E-state index in [4.69, 9.17) is 5.73 Å². The molecule has 7 heteroatoms. The van der Waals surface area contributed by atoms with Gasteiger partial charge in [-0.15, -0.1) is 0 Å². The van der Waals surface area contributed by atoms with Crippen LogP contribution in [0, 0.1) is 12.7 Å². The normalized spacial score (nSPS) is 20.4. The van der Waals surface area contributed by atoms with Crippen LogP contribution >= 0.6 is 0 Å². The van der Waals surface area contributed by atoms with Gasteiger partial charge in [0.15, 0.2) is 0 Å². The number of aromatic nitrogens is 3. The molecule has 1 aromatic carbocycles. The first-order valence-corrected chi connectivity index (χ1v) is 8.33. The molecule has 0 aliphatic carbocycles. The van der Waals surface area contributed by atoms with Crippen LogP contribution in [-0.2, 0) is 13.0 Å². The molecule has 2 aromatic rings. The SMILES string of the molecule is Cc1ccc(F)c2c1CCN(c1ncnc(N3CCC(N)C3)n1)C2. The Hall–Kier alpha value is -2.28. The highest BCUT2D eigenvalue weighted by Crippen LogP contribution is 2.27. The number of nitrogens with two attached hydrogens (primary N) is 1. The van der Waals surface area contributed by atoms with Gasteiger partial charge in [0.25, 0.3) is 0 Å². The van der Waals surface area contributed by atoms with Gasteiger partial charge in [-0.05, 0) is 37.0 Å². The van der Waals surface area contributed by atoms with Crippen LogP contribution in [0.1, 0.15) is 23.1 Å². The summed E-state index contributed by atoms with van der Waals surface area (Å²) in [7, 11) is 0. The molecule has 3 heterocycles. The topological polar surface area (TPSA) is 71.2 Å². The van der Waals surface area contributed by atoms with Gasteiger partial charge in [0.05, 0.1) is 0 Å². The van der Waals surface area contributed by atoms with Crippen LogP contribution in [0.2, 0.25) is 0 Å². The van der Waals surface area contributed by atoms with Gasteiger partial charge in [0.1, 0.15) is 12.1 Å². The third-order valence-corrected chi connectivity index (χ3v) is 4.93. The molecule has 4 rings (SSSR count). The van der Waals surface area contributed by atoms with E-state index < -0.39 is 0 Å². The fourth-order valence-corrected chi connectivity index (χ4v) is 3.54. The molecule has 2 N–H and O–H groups in total. The maximum atomic E-state index is 14.2. The molecule has 1 atom stereocenters. The molecular weight excluding hydrogens is 307 g/mol. The molecule has 0 amide bonds. The number of aryl methyl sites for hydroxylation is 1. The van der Waals surface area contributed by atoms with E-state index in [9.17, 15) is 4.39 Å². The Morgan fingerprint density at radius 2 is 1.92 bits per heavy atom. The van der Waals surface area contributed by atoms with E-state index in [1.54, 1.807) is 6.07 Å². The fourth-order valence-electron chi connectivity index (χ4n) is 3.54. The lowest BCUT2D eigenvalue weighted by molar-refractivity contribution is 0.583. The lowest BCUT2D eigenvalue weighted by Crippen LogP contribution is -2.34. The van der Waals surface area contributed by atoms with E-state index in [0.29, 0.717) is 18.4 Å². The quantitative estimate of drug-likeness (QED) is 0.899. The third-order valence-electron chi connectivity index (χ3n) is 4.93. The Labute approximate surface area is 140 Å². The number of benzene rings is 1. The van der Waals surface area contributed by atoms with Crippen molar-refractivity contribution in [3.63, 3.8) is 0 Å². The molecular formula is C17H21FN6. The van der Waals surface area contributed by atoms with Crippen LogP contribution in [0.4, 0.5) is 16.3 Å². The first-order chi connectivity index (χ1) is 11.6. The van der Waals surface area contributed by atoms with Crippen LogP contribution in [0.25, 0.3) is 0 Å². The zero-order valence-electron chi connectivity index (χ0n) is 13.7. The number of fused-ring (bicyclic) bond motifs is 1. The van der Waals surface area contributed by atoms with Crippen molar-refractivity contribution in [1.29, 1.82) is 0 Å². The number of hydrogen-bond acceptors (Lipinski definition) is 6. The van der Waals surface area contributed by atoms with Gasteiger partial charge < -0.3 is 15.5 Å². The van der Waals surface area contributed by atoms with Gasteiger partial charge in [-0.3, -0.25) is 0 Å². The lowest BCUT2D eigenvalue weighted by Gasteiger charge is -2.30. The minimum Gasteiger partial charge on any atom is -0.339 e. The molecule has 2 aliphatic heterocycles. The van der Waals surface area contributed by atoms with Crippen LogP contribution < -0.4 is 15.5 Å². The van der Waals surface area contributed by atoms with E-state index in [0.717, 1.165) is 49.2 Å². The van der Waals surface area contributed by atoms with Gasteiger partial charge in [0.2, 0.25) is 11.9 Å². The van der Waals surface area contributed by atoms with Gasteiger partial charge in [-0.1, -0.05) is 6.07 Å². The maximum absolute atomic E-state index is 14.2. The maximum Gasteiger partial charge on any atom is 0.230 e. The van der Waals surface area contributed by atoms with Gasteiger partial charge in [-0.2, -0.15) is 4.98 Å². The van der Waals surface area contributed by atoms with Crippen molar-refractivity contribution in [2.24, 2.45) is 5.73 Å². The molecule has 1 unspecified atom stereocenters. The second kappa shape index (κ2) is 5.98. The summed E-state index contributed by atoms with van der Waals surface area (Å²) in [5.74, 6) is 1.11. The summed E-state index contributed by atoms with van der Waals surface area (Å²) in [5.41, 5.74) is 8.98. The summed E-state index contributed by atoms with van der Waals surface area (Å²) < 4.78 is 14.2. The molecule has 1 saturated heterocycles. The van der Waals surface area contributed by atoms with Crippen molar-refractivity contribution in [2.75, 3.05) is 29.4 Å². The van der Waals surface area contributed by atoms with E-state index in [1.807, 2.05) is 17.9 Å². The standard InChI is InChI=1S/C17H21FN6/c1-11-2-3-15(18)14-9-24(7-5-13(11)14)17-21-10-20-16(22-17)23-6-4-12(19)8-23/h2-3,10,12H,4-9,19H2,1H3. The predicted molar refractivity (Wildman–Crippen MR) is 90.5 cm³/mol. The zero-order chi connectivity index (χ0) is 16.7. The molecule has 24 heavy (non-hydrogen) atoms. The Morgan fingerprint density at radius 1 is 1.12 bits per heavy atom. The third kappa shape index (κ3) is 2.69. The zero-order valence-corrected chi connectivity index (χ0v) is 13.7. The minimum atomic E-state index is -0.153. The van der Waals surface area contributed by atoms with E-state index in [1.165, 1.54) is 6.33 Å². The smallest absolute Gasteiger partial charge is 0.230 e. The van der Waals surface area contributed by atoms with Crippen molar-refractivity contribution >= 4 is 11.9 Å². The molecule has 2 aliphatic rings. The number of anilines is 2. The van der Waals surface area contributed by atoms with Crippen LogP contribution in [-0.4, -0.2) is 40.6 Å². The Balaban J connectivity index is 1.60. The second-order valence-electron chi connectivity index (χ2n) is 6.57. The molecule has 1 aromatic heterocycles. The van der Waals surface area contributed by atoms with E-state index >= 15 is 0 Å². The van der Waals surface area contributed by atoms with Crippen molar-refractivity contribution in [3.05, 3.63) is 41.0 Å². The first kappa shape index (κ1) is 15.3. The highest BCUT2D eigenvalue weighted by atomic mass is 19.1. The summed E-state index contributed by atoms with van der Waals surface area (Å²) in [5, 5.41) is 0. The first-order valence-electron chi connectivity index (χ1n) is 8.33. The Kier molecular flexibility index (Phi) is 3.80. The average Bonchev–Trinajstić information content (AvgIpc) is 3.05. The van der Waals surface area contributed by atoms with Crippen molar-refractivity contribution < 1.29 is 4.39 Å². The largest absolute Gasteiger partial charge is 0.339 e. The average molecular weight is 328 g/mol.